The topological polar surface area (TPSA) is 167 Å². The second-order valence-electron chi connectivity index (χ2n) is 12.8. The fraction of sp³-hybridized carbons (Fsp3) is 0.500. The van der Waals surface area contributed by atoms with Crippen LogP contribution in [-0.2, 0) is 11.3 Å². The predicted molar refractivity (Wildman–Crippen MR) is 186 cm³/mol. The normalized spacial score (nSPS) is 14.5. The number of aliphatic hydroxyl groups is 2. The van der Waals surface area contributed by atoms with Gasteiger partial charge < -0.3 is 30.9 Å². The summed E-state index contributed by atoms with van der Waals surface area (Å²) in [6.07, 6.45) is 3.94. The highest BCUT2D eigenvalue weighted by Gasteiger charge is 2.30. The lowest BCUT2D eigenvalue weighted by atomic mass is 9.49. The second kappa shape index (κ2) is 15.6. The van der Waals surface area contributed by atoms with Crippen molar-refractivity contribution in [2.24, 2.45) is 5.92 Å². The first-order valence-electron chi connectivity index (χ1n) is 16.0. The van der Waals surface area contributed by atoms with Crippen molar-refractivity contribution < 1.29 is 24.5 Å². The highest BCUT2D eigenvalue weighted by atomic mass is 16.5. The molecule has 1 aromatic carbocycles. The van der Waals surface area contributed by atoms with E-state index in [0.717, 1.165) is 18.4 Å². The Bertz CT molecular complexity index is 1490. The monoisotopic (exact) mass is 630 g/mol. The van der Waals surface area contributed by atoms with Gasteiger partial charge in [0.2, 0.25) is 5.91 Å². The Hall–Kier alpha value is -3.88. The lowest BCUT2D eigenvalue weighted by Crippen LogP contribution is -2.50. The molecule has 5 N–H and O–H groups in total. The second-order valence-corrected chi connectivity index (χ2v) is 12.8. The van der Waals surface area contributed by atoms with Gasteiger partial charge in [-0.05, 0) is 49.1 Å². The van der Waals surface area contributed by atoms with Gasteiger partial charge >= 0.3 is 0 Å². The van der Waals surface area contributed by atoms with E-state index in [2.05, 4.69) is 31.0 Å². The van der Waals surface area contributed by atoms with Crippen molar-refractivity contribution in [2.45, 2.75) is 63.5 Å². The number of rotatable bonds is 17. The third-order valence-electron chi connectivity index (χ3n) is 7.63. The molecule has 46 heavy (non-hydrogen) atoms. The molecule has 0 spiro atoms. The zero-order valence-corrected chi connectivity index (χ0v) is 27.7. The van der Waals surface area contributed by atoms with E-state index in [1.165, 1.54) is 0 Å². The first-order chi connectivity index (χ1) is 21.9. The molecule has 0 radical (unpaired) electrons. The van der Waals surface area contributed by atoms with Gasteiger partial charge in [0.1, 0.15) is 23.5 Å². The number of carbonyl (C=O) groups is 2. The van der Waals surface area contributed by atoms with E-state index in [0.29, 0.717) is 61.8 Å². The molecule has 2 atom stereocenters. The van der Waals surface area contributed by atoms with Crippen LogP contribution >= 0.6 is 0 Å². The largest absolute Gasteiger partial charge is 0.494 e. The summed E-state index contributed by atoms with van der Waals surface area (Å²) in [6, 6.07) is 9.08. The van der Waals surface area contributed by atoms with Crippen LogP contribution in [0.1, 0.15) is 50.0 Å². The van der Waals surface area contributed by atoms with Crippen LogP contribution in [0, 0.1) is 5.92 Å². The summed E-state index contributed by atoms with van der Waals surface area (Å²) in [5.74, 6) is 0.200. The van der Waals surface area contributed by atoms with Crippen molar-refractivity contribution >= 4 is 52.5 Å². The van der Waals surface area contributed by atoms with Crippen molar-refractivity contribution in [3.63, 3.8) is 0 Å². The Morgan fingerprint density at radius 3 is 2.39 bits per heavy atom. The molecule has 1 saturated carbocycles. The van der Waals surface area contributed by atoms with Crippen LogP contribution in [0.15, 0.2) is 36.5 Å². The minimum atomic E-state index is -0.506. The van der Waals surface area contributed by atoms with Gasteiger partial charge in [0.25, 0.3) is 5.91 Å². The molecule has 4 rings (SSSR count). The highest BCUT2D eigenvalue weighted by Crippen LogP contribution is 2.38. The number of aromatic nitrogens is 4. The van der Waals surface area contributed by atoms with Crippen molar-refractivity contribution in [3.05, 3.63) is 42.2 Å². The van der Waals surface area contributed by atoms with Crippen molar-refractivity contribution in [2.75, 3.05) is 37.4 Å². The lowest BCUT2D eigenvalue weighted by Gasteiger charge is -2.26. The number of hydrogen-bond donors (Lipinski definition) is 5. The van der Waals surface area contributed by atoms with Crippen LogP contribution in [0.4, 0.5) is 17.2 Å². The van der Waals surface area contributed by atoms with Gasteiger partial charge in [-0.15, -0.1) is 10.2 Å². The average Bonchev–Trinajstić information content (AvgIpc) is 3.76. The van der Waals surface area contributed by atoms with Gasteiger partial charge in [0.15, 0.2) is 17.3 Å². The molecule has 2 heterocycles. The van der Waals surface area contributed by atoms with Crippen molar-refractivity contribution in [1.29, 1.82) is 0 Å². The number of nitrogens with zero attached hydrogens (tertiary/aromatic N) is 5. The Kier molecular flexibility index (Phi) is 11.9. The summed E-state index contributed by atoms with van der Waals surface area (Å²) < 4.78 is 7.68. The number of hydrogen-bond acceptors (Lipinski definition) is 10. The molecule has 1 aliphatic carbocycles. The minimum Gasteiger partial charge on any atom is -0.494 e. The van der Waals surface area contributed by atoms with Crippen LogP contribution in [0.5, 0.6) is 5.75 Å². The molecule has 16 heteroatoms. The smallest absolute Gasteiger partial charge is 0.272 e. The Morgan fingerprint density at radius 2 is 1.78 bits per heavy atom. The zero-order valence-electron chi connectivity index (χ0n) is 27.7. The van der Waals surface area contributed by atoms with Crippen LogP contribution < -0.4 is 20.7 Å². The first-order valence-corrected chi connectivity index (χ1v) is 16.0. The Labute approximate surface area is 273 Å². The lowest BCUT2D eigenvalue weighted by molar-refractivity contribution is -0.117. The molecular weight excluding hydrogens is 585 g/mol. The van der Waals surface area contributed by atoms with Crippen LogP contribution in [0.2, 0.25) is 0 Å². The fourth-order valence-electron chi connectivity index (χ4n) is 4.88. The summed E-state index contributed by atoms with van der Waals surface area (Å²) >= 11 is 0. The number of para-hydroxylation sites is 1. The average molecular weight is 630 g/mol. The third kappa shape index (κ3) is 9.81. The van der Waals surface area contributed by atoms with Crippen LogP contribution in [0.3, 0.4) is 0 Å². The first kappa shape index (κ1) is 35.0. The number of methoxy groups -OCH3 is 1. The molecule has 0 unspecified atom stereocenters. The summed E-state index contributed by atoms with van der Waals surface area (Å²) in [6.45, 7) is 6.02. The molecule has 1 aliphatic rings. The van der Waals surface area contributed by atoms with Gasteiger partial charge in [-0.2, -0.15) is 5.10 Å². The van der Waals surface area contributed by atoms with E-state index in [9.17, 15) is 19.8 Å². The Morgan fingerprint density at radius 1 is 1.09 bits per heavy atom. The highest BCUT2D eigenvalue weighted by molar-refractivity contribution is 6.60. The number of carbonyl (C=O) groups excluding carboxylic acids is 2. The SMILES string of the molecule is BC(B)(B)NC(=O)c1nnc(NC(=O)C2CC2)cc1Nc1cccc(-c2ccn(CCN(C[C@H](O)CC)C[C@@H](O)CC)n2)c1OC. The van der Waals surface area contributed by atoms with Crippen LogP contribution in [0.25, 0.3) is 11.3 Å². The van der Waals surface area contributed by atoms with Gasteiger partial charge in [-0.3, -0.25) is 19.2 Å². The van der Waals surface area contributed by atoms with Crippen LogP contribution in [-0.4, -0.2) is 115 Å². The summed E-state index contributed by atoms with van der Waals surface area (Å²) in [5.41, 5.74) is 2.41. The van der Waals surface area contributed by atoms with Gasteiger partial charge in [-0.1, -0.05) is 19.9 Å². The maximum atomic E-state index is 13.2. The maximum Gasteiger partial charge on any atom is 0.272 e. The molecule has 0 bridgehead atoms. The van der Waals surface area contributed by atoms with E-state index in [1.807, 2.05) is 72.5 Å². The maximum absolute atomic E-state index is 13.2. The minimum absolute atomic E-state index is 0.0207. The number of nitrogens with one attached hydrogen (secondary N) is 3. The molecule has 244 valence electrons. The number of amides is 2. The molecule has 1 fully saturated rings. The number of benzene rings is 1. The van der Waals surface area contributed by atoms with Crippen molar-refractivity contribution in [3.8, 4) is 17.0 Å². The molecule has 2 amide bonds. The fourth-order valence-corrected chi connectivity index (χ4v) is 4.88. The quantitative estimate of drug-likeness (QED) is 0.123. The number of aliphatic hydroxyl groups excluding tert-OH is 2. The van der Waals surface area contributed by atoms with E-state index in [-0.39, 0.29) is 23.3 Å². The molecule has 0 aliphatic heterocycles. The van der Waals surface area contributed by atoms with E-state index in [1.54, 1.807) is 13.2 Å². The molecule has 0 saturated heterocycles. The molecule has 13 nitrogen and oxygen atoms in total. The van der Waals surface area contributed by atoms with E-state index in [4.69, 9.17) is 9.84 Å². The Balaban J connectivity index is 1.58. The van der Waals surface area contributed by atoms with E-state index < -0.39 is 23.4 Å². The summed E-state index contributed by atoms with van der Waals surface area (Å²) in [5, 5.41) is 42.0. The molecule has 2 aromatic heterocycles. The van der Waals surface area contributed by atoms with E-state index >= 15 is 0 Å². The van der Waals surface area contributed by atoms with Gasteiger partial charge in [0, 0.05) is 43.4 Å². The molecular formula is C30H45B3N8O5. The number of anilines is 3. The summed E-state index contributed by atoms with van der Waals surface area (Å²) in [7, 11) is 7.20. The number of ether oxygens (including phenoxy) is 1. The van der Waals surface area contributed by atoms with Crippen molar-refractivity contribution in [1.82, 2.24) is 30.2 Å². The third-order valence-corrected chi connectivity index (χ3v) is 7.63. The predicted octanol–water partition coefficient (Wildman–Crippen LogP) is -0.475. The van der Waals surface area contributed by atoms with Gasteiger partial charge in [-0.25, -0.2) is 0 Å². The standard InChI is InChI=1S/C30H45B3N8O5/c1-4-19(42)16-40(17-20(43)5-2)13-14-41-12-11-22(39-41)21-7-6-8-23(27(21)46-3)34-24-15-25(35-28(44)18-9-10-18)37-38-26(24)29(45)36-30(31,32)33/h6-8,11-12,15,18-20,42-43H,4-5,9-10,13-14,16-17,31-33H2,1-3H3,(H,36,45)(H2,34,35,37,44)/t19-,20+. The van der Waals surface area contributed by atoms with Gasteiger partial charge in [0.05, 0.1) is 42.9 Å². The zero-order chi connectivity index (χ0) is 33.4. The summed E-state index contributed by atoms with van der Waals surface area (Å²) in [4.78, 5) is 27.7. The molecule has 3 aromatic rings.